The molecule has 0 aromatic heterocycles. The van der Waals surface area contributed by atoms with Gasteiger partial charge in [-0.05, 0) is 30.9 Å². The number of hydrogen-bond donors (Lipinski definition) is 1. The van der Waals surface area contributed by atoms with E-state index in [9.17, 15) is 0 Å². The molecular formula is C12H19NO. The summed E-state index contributed by atoms with van der Waals surface area (Å²) >= 11 is 0. The monoisotopic (exact) mass is 193 g/mol. The first-order chi connectivity index (χ1) is 6.74. The molecule has 0 spiro atoms. The van der Waals surface area contributed by atoms with Gasteiger partial charge in [0.15, 0.2) is 0 Å². The van der Waals surface area contributed by atoms with Crippen LogP contribution in [0.2, 0.25) is 0 Å². The van der Waals surface area contributed by atoms with E-state index in [1.54, 1.807) is 7.11 Å². The summed E-state index contributed by atoms with van der Waals surface area (Å²) < 4.78 is 5.00. The van der Waals surface area contributed by atoms with Crippen molar-refractivity contribution in [1.82, 2.24) is 0 Å². The zero-order chi connectivity index (χ0) is 10.4. The van der Waals surface area contributed by atoms with E-state index in [-0.39, 0.29) is 6.04 Å². The van der Waals surface area contributed by atoms with Gasteiger partial charge in [0.1, 0.15) is 0 Å². The molecular weight excluding hydrogens is 174 g/mol. The van der Waals surface area contributed by atoms with Crippen molar-refractivity contribution in [3.63, 3.8) is 0 Å². The summed E-state index contributed by atoms with van der Waals surface area (Å²) in [5, 5.41) is 0. The lowest BCUT2D eigenvalue weighted by Gasteiger charge is -2.12. The Morgan fingerprint density at radius 2 is 2.07 bits per heavy atom. The van der Waals surface area contributed by atoms with Crippen LogP contribution in [-0.4, -0.2) is 19.8 Å². The molecule has 0 heterocycles. The highest BCUT2D eigenvalue weighted by Gasteiger charge is 2.05. The summed E-state index contributed by atoms with van der Waals surface area (Å²) in [7, 11) is 1.71. The quantitative estimate of drug-likeness (QED) is 0.775. The van der Waals surface area contributed by atoms with Gasteiger partial charge >= 0.3 is 0 Å². The maximum atomic E-state index is 5.98. The van der Waals surface area contributed by atoms with Gasteiger partial charge in [-0.15, -0.1) is 0 Å². The molecule has 0 amide bonds. The molecule has 0 saturated carbocycles. The number of benzene rings is 1. The predicted octanol–water partition coefficient (Wildman–Crippen LogP) is 1.90. The van der Waals surface area contributed by atoms with Crippen molar-refractivity contribution in [3.05, 3.63) is 35.4 Å². The Labute approximate surface area is 86.1 Å². The lowest BCUT2D eigenvalue weighted by atomic mass is 10.0. The molecule has 0 bridgehead atoms. The topological polar surface area (TPSA) is 35.2 Å². The maximum absolute atomic E-state index is 5.98. The number of ether oxygens (including phenoxy) is 1. The summed E-state index contributed by atoms with van der Waals surface area (Å²) in [6.45, 7) is 2.87. The van der Waals surface area contributed by atoms with Gasteiger partial charge in [-0.25, -0.2) is 0 Å². The van der Waals surface area contributed by atoms with Crippen LogP contribution in [0.3, 0.4) is 0 Å². The number of methoxy groups -OCH3 is 1. The molecule has 0 aliphatic carbocycles. The second kappa shape index (κ2) is 5.78. The van der Waals surface area contributed by atoms with Crippen molar-refractivity contribution in [3.8, 4) is 0 Å². The molecule has 1 aromatic rings. The fraction of sp³-hybridized carbons (Fsp3) is 0.500. The van der Waals surface area contributed by atoms with Crippen molar-refractivity contribution in [2.75, 3.05) is 13.7 Å². The molecule has 1 unspecified atom stereocenters. The highest BCUT2D eigenvalue weighted by atomic mass is 16.5. The van der Waals surface area contributed by atoms with Crippen LogP contribution in [0.1, 0.15) is 17.5 Å². The van der Waals surface area contributed by atoms with Gasteiger partial charge in [0.2, 0.25) is 0 Å². The van der Waals surface area contributed by atoms with Gasteiger partial charge in [-0.1, -0.05) is 24.3 Å². The lowest BCUT2D eigenvalue weighted by molar-refractivity contribution is 0.188. The molecule has 0 fully saturated rings. The minimum atomic E-state index is 0.205. The third-order valence-corrected chi connectivity index (χ3v) is 2.44. The van der Waals surface area contributed by atoms with Crippen LogP contribution in [0.4, 0.5) is 0 Å². The van der Waals surface area contributed by atoms with Crippen molar-refractivity contribution in [2.24, 2.45) is 5.73 Å². The van der Waals surface area contributed by atoms with Gasteiger partial charge in [-0.2, -0.15) is 0 Å². The van der Waals surface area contributed by atoms with Crippen LogP contribution in [-0.2, 0) is 11.2 Å². The van der Waals surface area contributed by atoms with E-state index in [0.29, 0.717) is 0 Å². The third kappa shape index (κ3) is 3.48. The van der Waals surface area contributed by atoms with Crippen LogP contribution in [0.5, 0.6) is 0 Å². The SMILES string of the molecule is COCCC(N)Cc1ccccc1C. The smallest absolute Gasteiger partial charge is 0.0477 e. The first kappa shape index (κ1) is 11.2. The Morgan fingerprint density at radius 1 is 1.36 bits per heavy atom. The summed E-state index contributed by atoms with van der Waals surface area (Å²) in [5.74, 6) is 0. The summed E-state index contributed by atoms with van der Waals surface area (Å²) in [4.78, 5) is 0. The van der Waals surface area contributed by atoms with Crippen molar-refractivity contribution in [1.29, 1.82) is 0 Å². The first-order valence-electron chi connectivity index (χ1n) is 5.03. The zero-order valence-electron chi connectivity index (χ0n) is 8.99. The normalized spacial score (nSPS) is 12.8. The van der Waals surface area contributed by atoms with Crippen molar-refractivity contribution in [2.45, 2.75) is 25.8 Å². The Hall–Kier alpha value is -0.860. The van der Waals surface area contributed by atoms with E-state index in [1.165, 1.54) is 11.1 Å². The van der Waals surface area contributed by atoms with E-state index in [4.69, 9.17) is 10.5 Å². The fourth-order valence-electron chi connectivity index (χ4n) is 1.49. The molecule has 0 radical (unpaired) electrons. The Bertz CT molecular complexity index is 273. The van der Waals surface area contributed by atoms with Crippen LogP contribution in [0.15, 0.2) is 24.3 Å². The molecule has 2 N–H and O–H groups in total. The minimum absolute atomic E-state index is 0.205. The summed E-state index contributed by atoms with van der Waals surface area (Å²) in [5.41, 5.74) is 8.64. The summed E-state index contributed by atoms with van der Waals surface area (Å²) in [6.07, 6.45) is 1.86. The van der Waals surface area contributed by atoms with E-state index in [2.05, 4.69) is 31.2 Å². The predicted molar refractivity (Wildman–Crippen MR) is 59.4 cm³/mol. The molecule has 2 nitrogen and oxygen atoms in total. The van der Waals surface area contributed by atoms with E-state index >= 15 is 0 Å². The van der Waals surface area contributed by atoms with Gasteiger partial charge in [0, 0.05) is 19.8 Å². The van der Waals surface area contributed by atoms with Gasteiger partial charge in [0.25, 0.3) is 0 Å². The molecule has 14 heavy (non-hydrogen) atoms. The molecule has 78 valence electrons. The lowest BCUT2D eigenvalue weighted by Crippen LogP contribution is -2.24. The average molecular weight is 193 g/mol. The Morgan fingerprint density at radius 3 is 2.71 bits per heavy atom. The Balaban J connectivity index is 2.47. The number of aryl methyl sites for hydroxylation is 1. The highest BCUT2D eigenvalue weighted by Crippen LogP contribution is 2.10. The molecule has 2 heteroatoms. The largest absolute Gasteiger partial charge is 0.385 e. The first-order valence-corrected chi connectivity index (χ1v) is 5.03. The van der Waals surface area contributed by atoms with Crippen molar-refractivity contribution < 1.29 is 4.74 Å². The van der Waals surface area contributed by atoms with Crippen LogP contribution >= 0.6 is 0 Å². The second-order valence-corrected chi connectivity index (χ2v) is 3.67. The Kier molecular flexibility index (Phi) is 4.63. The second-order valence-electron chi connectivity index (χ2n) is 3.67. The van der Waals surface area contributed by atoms with E-state index < -0.39 is 0 Å². The van der Waals surface area contributed by atoms with Crippen molar-refractivity contribution >= 4 is 0 Å². The fourth-order valence-corrected chi connectivity index (χ4v) is 1.49. The summed E-state index contributed by atoms with van der Waals surface area (Å²) in [6, 6.07) is 8.58. The van der Waals surface area contributed by atoms with Crippen LogP contribution in [0.25, 0.3) is 0 Å². The van der Waals surface area contributed by atoms with Gasteiger partial charge in [0.05, 0.1) is 0 Å². The molecule has 1 atom stereocenters. The number of nitrogens with two attached hydrogens (primary N) is 1. The maximum Gasteiger partial charge on any atom is 0.0477 e. The average Bonchev–Trinajstić information content (AvgIpc) is 2.18. The van der Waals surface area contributed by atoms with Gasteiger partial charge < -0.3 is 10.5 Å². The number of hydrogen-bond acceptors (Lipinski definition) is 2. The molecule has 0 aliphatic rings. The number of rotatable bonds is 5. The minimum Gasteiger partial charge on any atom is -0.385 e. The van der Waals surface area contributed by atoms with E-state index in [0.717, 1.165) is 19.4 Å². The molecule has 1 rings (SSSR count). The van der Waals surface area contributed by atoms with E-state index in [1.807, 2.05) is 0 Å². The third-order valence-electron chi connectivity index (χ3n) is 2.44. The molecule has 0 aliphatic heterocycles. The molecule has 0 saturated heterocycles. The van der Waals surface area contributed by atoms with Crippen LogP contribution < -0.4 is 5.73 Å². The molecule has 1 aromatic carbocycles. The van der Waals surface area contributed by atoms with Gasteiger partial charge in [-0.3, -0.25) is 0 Å². The highest BCUT2D eigenvalue weighted by molar-refractivity contribution is 5.26. The zero-order valence-corrected chi connectivity index (χ0v) is 8.99. The standard InChI is InChI=1S/C12H19NO/c1-10-5-3-4-6-11(10)9-12(13)7-8-14-2/h3-6,12H,7-9,13H2,1-2H3. The van der Waals surface area contributed by atoms with Crippen LogP contribution in [0, 0.1) is 6.92 Å².